The molecule has 0 unspecified atom stereocenters. The van der Waals surface area contributed by atoms with Crippen LogP contribution in [0.4, 0.5) is 11.4 Å². The fourth-order valence-corrected chi connectivity index (χ4v) is 2.11. The summed E-state index contributed by atoms with van der Waals surface area (Å²) in [4.78, 5) is 22.0. The number of non-ortho nitro benzene ring substituents is 1. The third-order valence-electron chi connectivity index (χ3n) is 2.62. The van der Waals surface area contributed by atoms with E-state index in [1.165, 1.54) is 18.2 Å². The van der Waals surface area contributed by atoms with Crippen LogP contribution in [0.1, 0.15) is 0 Å². The van der Waals surface area contributed by atoms with E-state index in [1.807, 2.05) is 12.1 Å². The second kappa shape index (κ2) is 7.41. The summed E-state index contributed by atoms with van der Waals surface area (Å²) in [7, 11) is 0. The van der Waals surface area contributed by atoms with E-state index in [-0.39, 0.29) is 23.0 Å². The fourth-order valence-electron chi connectivity index (χ4n) is 1.59. The monoisotopic (exact) mass is 432 g/mol. The molecular formula is C14H10ClIN2O4. The molecule has 2 rings (SSSR count). The number of anilines is 1. The summed E-state index contributed by atoms with van der Waals surface area (Å²) >= 11 is 8.06. The Morgan fingerprint density at radius 2 is 1.95 bits per heavy atom. The van der Waals surface area contributed by atoms with Gasteiger partial charge in [0.2, 0.25) is 0 Å². The van der Waals surface area contributed by atoms with Gasteiger partial charge in [0, 0.05) is 15.7 Å². The van der Waals surface area contributed by atoms with Gasteiger partial charge in [-0.3, -0.25) is 14.9 Å². The van der Waals surface area contributed by atoms with Gasteiger partial charge < -0.3 is 10.1 Å². The second-order valence-electron chi connectivity index (χ2n) is 4.21. The van der Waals surface area contributed by atoms with Crippen molar-refractivity contribution in [1.82, 2.24) is 0 Å². The molecule has 8 heteroatoms. The van der Waals surface area contributed by atoms with Crippen LogP contribution in [0.5, 0.6) is 5.75 Å². The van der Waals surface area contributed by atoms with Crippen molar-refractivity contribution in [3.8, 4) is 5.75 Å². The summed E-state index contributed by atoms with van der Waals surface area (Å²) in [6.07, 6.45) is 0. The Morgan fingerprint density at radius 1 is 1.27 bits per heavy atom. The van der Waals surface area contributed by atoms with Crippen molar-refractivity contribution in [2.45, 2.75) is 0 Å². The zero-order chi connectivity index (χ0) is 16.1. The van der Waals surface area contributed by atoms with Crippen LogP contribution in [0.15, 0.2) is 42.5 Å². The number of benzene rings is 2. The largest absolute Gasteiger partial charge is 0.484 e. The predicted octanol–water partition coefficient (Wildman–Crippen LogP) is 3.87. The molecule has 0 bridgehead atoms. The molecule has 6 nitrogen and oxygen atoms in total. The first-order valence-corrected chi connectivity index (χ1v) is 7.53. The molecule has 0 aliphatic carbocycles. The van der Waals surface area contributed by atoms with Crippen LogP contribution >= 0.6 is 34.2 Å². The number of hydrogen-bond donors (Lipinski definition) is 1. The van der Waals surface area contributed by atoms with E-state index >= 15 is 0 Å². The first kappa shape index (κ1) is 16.5. The molecule has 0 atom stereocenters. The molecule has 22 heavy (non-hydrogen) atoms. The average Bonchev–Trinajstić information content (AvgIpc) is 2.48. The third-order valence-corrected chi connectivity index (χ3v) is 3.67. The number of amides is 1. The molecule has 0 fully saturated rings. The van der Waals surface area contributed by atoms with Crippen molar-refractivity contribution >= 4 is 51.5 Å². The van der Waals surface area contributed by atoms with Crippen LogP contribution in [-0.2, 0) is 4.79 Å². The maximum Gasteiger partial charge on any atom is 0.271 e. The molecule has 0 aliphatic rings. The fraction of sp³-hybridized carbons (Fsp3) is 0.0714. The van der Waals surface area contributed by atoms with E-state index in [4.69, 9.17) is 16.3 Å². The number of carbonyl (C=O) groups is 1. The lowest BCUT2D eigenvalue weighted by Gasteiger charge is -2.08. The van der Waals surface area contributed by atoms with Crippen LogP contribution in [-0.4, -0.2) is 17.4 Å². The molecule has 2 aromatic carbocycles. The van der Waals surface area contributed by atoms with Crippen molar-refractivity contribution in [1.29, 1.82) is 0 Å². The van der Waals surface area contributed by atoms with Crippen molar-refractivity contribution in [2.24, 2.45) is 0 Å². The summed E-state index contributed by atoms with van der Waals surface area (Å²) < 4.78 is 6.37. The molecule has 0 saturated heterocycles. The predicted molar refractivity (Wildman–Crippen MR) is 91.4 cm³/mol. The topological polar surface area (TPSA) is 81.5 Å². The Bertz CT molecular complexity index is 706. The number of halogens is 2. The van der Waals surface area contributed by atoms with Crippen LogP contribution < -0.4 is 10.1 Å². The van der Waals surface area contributed by atoms with E-state index in [2.05, 4.69) is 27.9 Å². The molecule has 0 saturated carbocycles. The second-order valence-corrected chi connectivity index (χ2v) is 5.86. The van der Waals surface area contributed by atoms with E-state index < -0.39 is 10.8 Å². The molecule has 0 heterocycles. The molecule has 2 aromatic rings. The van der Waals surface area contributed by atoms with Gasteiger partial charge in [-0.15, -0.1) is 0 Å². The van der Waals surface area contributed by atoms with Gasteiger partial charge in [0.15, 0.2) is 6.61 Å². The molecule has 114 valence electrons. The lowest BCUT2D eigenvalue weighted by atomic mass is 10.3. The minimum absolute atomic E-state index is 0.154. The van der Waals surface area contributed by atoms with E-state index in [0.717, 1.165) is 3.57 Å². The lowest BCUT2D eigenvalue weighted by Crippen LogP contribution is -2.20. The molecule has 1 N–H and O–H groups in total. The van der Waals surface area contributed by atoms with Crippen molar-refractivity contribution in [3.63, 3.8) is 0 Å². The van der Waals surface area contributed by atoms with Gasteiger partial charge in [-0.2, -0.15) is 0 Å². The van der Waals surface area contributed by atoms with Crippen LogP contribution in [0.3, 0.4) is 0 Å². The van der Waals surface area contributed by atoms with Gasteiger partial charge in [0.1, 0.15) is 5.75 Å². The van der Waals surface area contributed by atoms with Gasteiger partial charge in [-0.1, -0.05) is 11.6 Å². The number of carbonyl (C=O) groups excluding carboxylic acids is 1. The highest BCUT2D eigenvalue weighted by molar-refractivity contribution is 14.1. The smallest absolute Gasteiger partial charge is 0.271 e. The zero-order valence-corrected chi connectivity index (χ0v) is 14.0. The molecular weight excluding hydrogens is 423 g/mol. The van der Waals surface area contributed by atoms with Crippen molar-refractivity contribution in [3.05, 3.63) is 61.2 Å². The number of nitrogens with zero attached hydrogens (tertiary/aromatic N) is 1. The maximum atomic E-state index is 11.8. The highest BCUT2D eigenvalue weighted by Crippen LogP contribution is 2.26. The van der Waals surface area contributed by atoms with Crippen LogP contribution in [0.25, 0.3) is 0 Å². The molecule has 0 radical (unpaired) electrons. The van der Waals surface area contributed by atoms with E-state index in [0.29, 0.717) is 5.75 Å². The third kappa shape index (κ3) is 4.57. The SMILES string of the molecule is O=C(COc1ccc(I)cc1)Nc1cc([N+](=O)[O-])ccc1Cl. The molecule has 1 amide bonds. The van der Waals surface area contributed by atoms with Crippen LogP contribution in [0.2, 0.25) is 5.02 Å². The minimum Gasteiger partial charge on any atom is -0.484 e. The Kier molecular flexibility index (Phi) is 5.56. The number of rotatable bonds is 5. The summed E-state index contributed by atoms with van der Waals surface area (Å²) in [6, 6.07) is 11.0. The van der Waals surface area contributed by atoms with Gasteiger partial charge in [-0.05, 0) is 52.9 Å². The highest BCUT2D eigenvalue weighted by Gasteiger charge is 2.12. The first-order valence-electron chi connectivity index (χ1n) is 6.08. The van der Waals surface area contributed by atoms with Crippen molar-refractivity contribution in [2.75, 3.05) is 11.9 Å². The van der Waals surface area contributed by atoms with Crippen molar-refractivity contribution < 1.29 is 14.5 Å². The van der Waals surface area contributed by atoms with Gasteiger partial charge >= 0.3 is 0 Å². The Labute approximate surface area is 144 Å². The van der Waals surface area contributed by atoms with Gasteiger partial charge in [0.05, 0.1) is 15.6 Å². The van der Waals surface area contributed by atoms with E-state index in [1.54, 1.807) is 12.1 Å². The Hall–Kier alpha value is -1.87. The number of nitrogens with one attached hydrogen (secondary N) is 1. The quantitative estimate of drug-likeness (QED) is 0.442. The van der Waals surface area contributed by atoms with E-state index in [9.17, 15) is 14.9 Å². The molecule has 0 spiro atoms. The average molecular weight is 433 g/mol. The number of hydrogen-bond acceptors (Lipinski definition) is 4. The zero-order valence-electron chi connectivity index (χ0n) is 11.1. The Morgan fingerprint density at radius 3 is 2.59 bits per heavy atom. The number of nitro benzene ring substituents is 1. The van der Waals surface area contributed by atoms with Gasteiger partial charge in [0.25, 0.3) is 11.6 Å². The van der Waals surface area contributed by atoms with Crippen LogP contribution in [0, 0.1) is 13.7 Å². The summed E-state index contributed by atoms with van der Waals surface area (Å²) in [5, 5.41) is 13.4. The first-order chi connectivity index (χ1) is 10.5. The normalized spacial score (nSPS) is 10.1. The summed E-state index contributed by atoms with van der Waals surface area (Å²) in [6.45, 7) is -0.223. The standard InChI is InChI=1S/C14H10ClIN2O4/c15-12-6-3-10(18(20)21)7-13(12)17-14(19)8-22-11-4-1-9(16)2-5-11/h1-7H,8H2,(H,17,19). The molecule has 0 aliphatic heterocycles. The van der Waals surface area contributed by atoms with Gasteiger partial charge in [-0.25, -0.2) is 0 Å². The highest BCUT2D eigenvalue weighted by atomic mass is 127. The number of ether oxygens (including phenoxy) is 1. The molecule has 0 aromatic heterocycles. The lowest BCUT2D eigenvalue weighted by molar-refractivity contribution is -0.384. The Balaban J connectivity index is 1.98. The number of nitro groups is 1. The summed E-state index contributed by atoms with van der Waals surface area (Å²) in [5.74, 6) is 0.0988. The maximum absolute atomic E-state index is 11.8. The minimum atomic E-state index is -0.561. The summed E-state index contributed by atoms with van der Waals surface area (Å²) in [5.41, 5.74) is 0.0188.